The quantitative estimate of drug-likeness (QED) is 0.692. The molecule has 0 aliphatic heterocycles. The summed E-state index contributed by atoms with van der Waals surface area (Å²) >= 11 is 0. The van der Waals surface area contributed by atoms with Crippen molar-refractivity contribution in [2.75, 3.05) is 5.32 Å². The predicted octanol–water partition coefficient (Wildman–Crippen LogP) is 3.60. The summed E-state index contributed by atoms with van der Waals surface area (Å²) in [6.45, 7) is 3.33. The number of nitro benzene ring substituents is 1. The summed E-state index contributed by atoms with van der Waals surface area (Å²) in [6, 6.07) is 8.44. The number of nitrogens with one attached hydrogen (secondary N) is 1. The van der Waals surface area contributed by atoms with Gasteiger partial charge in [-0.2, -0.15) is 0 Å². The van der Waals surface area contributed by atoms with Gasteiger partial charge in [0.05, 0.1) is 10.5 Å². The fraction of sp³-hybridized carbons (Fsp3) is 0.133. The molecule has 0 unspecified atom stereocenters. The van der Waals surface area contributed by atoms with Gasteiger partial charge in [0.15, 0.2) is 0 Å². The van der Waals surface area contributed by atoms with E-state index in [9.17, 15) is 19.3 Å². The number of nitro groups is 1. The highest BCUT2D eigenvalue weighted by Gasteiger charge is 2.14. The lowest BCUT2D eigenvalue weighted by Gasteiger charge is -2.08. The van der Waals surface area contributed by atoms with Gasteiger partial charge in [-0.1, -0.05) is 11.6 Å². The van der Waals surface area contributed by atoms with Gasteiger partial charge in [-0.3, -0.25) is 14.9 Å². The van der Waals surface area contributed by atoms with Crippen molar-refractivity contribution in [1.82, 2.24) is 0 Å². The van der Waals surface area contributed by atoms with Crippen LogP contribution in [-0.4, -0.2) is 10.8 Å². The Morgan fingerprint density at radius 2 is 1.90 bits per heavy atom. The van der Waals surface area contributed by atoms with Gasteiger partial charge in [-0.25, -0.2) is 4.39 Å². The molecule has 108 valence electrons. The molecule has 0 radical (unpaired) electrons. The van der Waals surface area contributed by atoms with Crippen LogP contribution in [0.15, 0.2) is 36.4 Å². The number of hydrogen-bond donors (Lipinski definition) is 1. The van der Waals surface area contributed by atoms with Crippen LogP contribution < -0.4 is 5.32 Å². The zero-order valence-corrected chi connectivity index (χ0v) is 11.5. The Hall–Kier alpha value is -2.76. The number of amides is 1. The van der Waals surface area contributed by atoms with E-state index in [1.54, 1.807) is 19.9 Å². The van der Waals surface area contributed by atoms with Gasteiger partial charge in [0, 0.05) is 17.3 Å². The summed E-state index contributed by atoms with van der Waals surface area (Å²) in [5.74, 6) is -1.21. The van der Waals surface area contributed by atoms with Crippen LogP contribution in [0.4, 0.5) is 15.8 Å². The lowest BCUT2D eigenvalue weighted by Crippen LogP contribution is -2.14. The maximum Gasteiger partial charge on any atom is 0.272 e. The molecule has 6 heteroatoms. The Kier molecular flexibility index (Phi) is 3.98. The number of aryl methyl sites for hydroxylation is 2. The van der Waals surface area contributed by atoms with Gasteiger partial charge >= 0.3 is 0 Å². The molecule has 0 heterocycles. The maximum atomic E-state index is 13.6. The van der Waals surface area contributed by atoms with Crippen molar-refractivity contribution in [3.8, 4) is 0 Å². The minimum atomic E-state index is -0.614. The smallest absolute Gasteiger partial charge is 0.272 e. The number of halogens is 1. The number of nitrogens with zero attached hydrogens (tertiary/aromatic N) is 1. The summed E-state index contributed by atoms with van der Waals surface area (Å²) < 4.78 is 13.6. The highest BCUT2D eigenvalue weighted by molar-refractivity contribution is 6.04. The van der Waals surface area contributed by atoms with E-state index in [-0.39, 0.29) is 11.3 Å². The summed E-state index contributed by atoms with van der Waals surface area (Å²) in [6.07, 6.45) is 0. The van der Waals surface area contributed by atoms with Crippen LogP contribution in [0.1, 0.15) is 21.5 Å². The minimum Gasteiger partial charge on any atom is -0.322 e. The first-order valence-electron chi connectivity index (χ1n) is 6.21. The fourth-order valence-electron chi connectivity index (χ4n) is 1.95. The highest BCUT2D eigenvalue weighted by atomic mass is 19.1. The maximum absolute atomic E-state index is 13.6. The topological polar surface area (TPSA) is 72.2 Å². The zero-order valence-electron chi connectivity index (χ0n) is 11.5. The molecular weight excluding hydrogens is 275 g/mol. The second-order valence-electron chi connectivity index (χ2n) is 4.70. The molecule has 0 spiro atoms. The van der Waals surface area contributed by atoms with Crippen LogP contribution in [0.25, 0.3) is 0 Å². The summed E-state index contributed by atoms with van der Waals surface area (Å²) in [5.41, 5.74) is 1.47. The third kappa shape index (κ3) is 3.22. The van der Waals surface area contributed by atoms with Gasteiger partial charge in [-0.05, 0) is 38.1 Å². The number of carbonyl (C=O) groups excluding carboxylic acids is 1. The number of rotatable bonds is 3. The molecule has 2 aromatic carbocycles. The predicted molar refractivity (Wildman–Crippen MR) is 76.9 cm³/mol. The summed E-state index contributed by atoms with van der Waals surface area (Å²) in [7, 11) is 0. The summed E-state index contributed by atoms with van der Waals surface area (Å²) in [5, 5.41) is 13.3. The van der Waals surface area contributed by atoms with E-state index < -0.39 is 16.6 Å². The Morgan fingerprint density at radius 1 is 1.19 bits per heavy atom. The van der Waals surface area contributed by atoms with Crippen molar-refractivity contribution in [2.24, 2.45) is 0 Å². The largest absolute Gasteiger partial charge is 0.322 e. The van der Waals surface area contributed by atoms with E-state index >= 15 is 0 Å². The van der Waals surface area contributed by atoms with E-state index in [4.69, 9.17) is 0 Å². The Labute approximate surface area is 120 Å². The SMILES string of the molecule is Cc1ccc(F)c(C(=O)Nc2ccc([N+](=O)[O-])c(C)c2)c1. The molecule has 1 N–H and O–H groups in total. The van der Waals surface area contributed by atoms with E-state index in [0.29, 0.717) is 11.3 Å². The van der Waals surface area contributed by atoms with Gasteiger partial charge in [0.1, 0.15) is 5.82 Å². The molecular formula is C15H13FN2O3. The number of benzene rings is 2. The molecule has 2 aromatic rings. The van der Waals surface area contributed by atoms with Crippen LogP contribution >= 0.6 is 0 Å². The van der Waals surface area contributed by atoms with Crippen LogP contribution in [-0.2, 0) is 0 Å². The van der Waals surface area contributed by atoms with E-state index in [1.807, 2.05) is 0 Å². The van der Waals surface area contributed by atoms with Gasteiger partial charge in [-0.15, -0.1) is 0 Å². The lowest BCUT2D eigenvalue weighted by atomic mass is 10.1. The molecule has 5 nitrogen and oxygen atoms in total. The Bertz CT molecular complexity index is 729. The van der Waals surface area contributed by atoms with Crippen molar-refractivity contribution in [3.63, 3.8) is 0 Å². The van der Waals surface area contributed by atoms with E-state index in [2.05, 4.69) is 5.32 Å². The van der Waals surface area contributed by atoms with Crippen LogP contribution in [0.3, 0.4) is 0 Å². The van der Waals surface area contributed by atoms with Crippen molar-refractivity contribution in [2.45, 2.75) is 13.8 Å². The molecule has 0 fully saturated rings. The molecule has 0 aliphatic carbocycles. The third-order valence-electron chi connectivity index (χ3n) is 3.02. The third-order valence-corrected chi connectivity index (χ3v) is 3.02. The minimum absolute atomic E-state index is 0.0327. The van der Waals surface area contributed by atoms with Crippen LogP contribution in [0.5, 0.6) is 0 Å². The lowest BCUT2D eigenvalue weighted by molar-refractivity contribution is -0.385. The average molecular weight is 288 g/mol. The standard InChI is InChI=1S/C15H13FN2O3/c1-9-3-5-13(16)12(7-9)15(19)17-11-4-6-14(18(20)21)10(2)8-11/h3-8H,1-2H3,(H,17,19). The van der Waals surface area contributed by atoms with Crippen LogP contribution in [0.2, 0.25) is 0 Å². The molecule has 2 rings (SSSR count). The Balaban J connectivity index is 2.26. The van der Waals surface area contributed by atoms with Crippen LogP contribution in [0, 0.1) is 29.8 Å². The molecule has 21 heavy (non-hydrogen) atoms. The van der Waals surface area contributed by atoms with Crippen molar-refractivity contribution in [3.05, 3.63) is 69.0 Å². The first kappa shape index (κ1) is 14.6. The number of anilines is 1. The normalized spacial score (nSPS) is 10.2. The highest BCUT2D eigenvalue weighted by Crippen LogP contribution is 2.22. The van der Waals surface area contributed by atoms with Gasteiger partial charge < -0.3 is 5.32 Å². The van der Waals surface area contributed by atoms with E-state index in [1.165, 1.54) is 30.3 Å². The fourth-order valence-corrected chi connectivity index (χ4v) is 1.95. The van der Waals surface area contributed by atoms with Crippen molar-refractivity contribution < 1.29 is 14.1 Å². The average Bonchev–Trinajstić information content (AvgIpc) is 2.41. The number of carbonyl (C=O) groups is 1. The summed E-state index contributed by atoms with van der Waals surface area (Å²) in [4.78, 5) is 22.3. The molecule has 0 aromatic heterocycles. The molecule has 1 amide bonds. The first-order valence-corrected chi connectivity index (χ1v) is 6.21. The monoisotopic (exact) mass is 288 g/mol. The Morgan fingerprint density at radius 3 is 2.52 bits per heavy atom. The van der Waals surface area contributed by atoms with Crippen molar-refractivity contribution >= 4 is 17.3 Å². The zero-order chi connectivity index (χ0) is 15.6. The number of hydrogen-bond acceptors (Lipinski definition) is 3. The van der Waals surface area contributed by atoms with E-state index in [0.717, 1.165) is 5.56 Å². The molecule has 0 atom stereocenters. The molecule has 0 saturated carbocycles. The molecule has 0 saturated heterocycles. The van der Waals surface area contributed by atoms with Crippen molar-refractivity contribution in [1.29, 1.82) is 0 Å². The first-order chi connectivity index (χ1) is 9.88. The van der Waals surface area contributed by atoms with Gasteiger partial charge in [0.2, 0.25) is 0 Å². The molecule has 0 bridgehead atoms. The van der Waals surface area contributed by atoms with Gasteiger partial charge in [0.25, 0.3) is 11.6 Å². The second kappa shape index (κ2) is 5.70. The molecule has 0 aliphatic rings. The second-order valence-corrected chi connectivity index (χ2v) is 4.70.